The van der Waals surface area contributed by atoms with E-state index in [-0.39, 0.29) is 36.3 Å². The van der Waals surface area contributed by atoms with Gasteiger partial charge in [-0.25, -0.2) is 4.98 Å². The lowest BCUT2D eigenvalue weighted by Gasteiger charge is -2.31. The normalized spacial score (nSPS) is 10.1. The summed E-state index contributed by atoms with van der Waals surface area (Å²) in [5.41, 5.74) is 5.73. The minimum Gasteiger partial charge on any atom is -0.344 e. The third-order valence-corrected chi connectivity index (χ3v) is 3.31. The maximum atomic E-state index is 12.0. The molecule has 1 amide bonds. The second-order valence-corrected chi connectivity index (χ2v) is 4.44. The second-order valence-electron chi connectivity index (χ2n) is 4.01. The van der Waals surface area contributed by atoms with Crippen molar-refractivity contribution in [3.05, 3.63) is 29.0 Å². The summed E-state index contributed by atoms with van der Waals surface area (Å²) < 4.78 is 0. The fraction of sp³-hybridized carbons (Fsp3) is 0.500. The summed E-state index contributed by atoms with van der Waals surface area (Å²) in [6.07, 6.45) is 3.04. The monoisotopic (exact) mass is 327 g/mol. The van der Waals surface area contributed by atoms with Crippen molar-refractivity contribution in [2.24, 2.45) is 5.73 Å². The van der Waals surface area contributed by atoms with E-state index < -0.39 is 0 Å². The summed E-state index contributed by atoms with van der Waals surface area (Å²) in [6.45, 7) is 4.43. The molecular formula is C12H20Cl3N3O. The number of aromatic nitrogens is 1. The molecule has 0 aromatic carbocycles. The number of nitrogens with one attached hydrogen (secondary N) is 1. The van der Waals surface area contributed by atoms with Crippen LogP contribution in [0, 0.1) is 0 Å². The van der Waals surface area contributed by atoms with Gasteiger partial charge in [-0.3, -0.25) is 4.79 Å². The zero-order valence-corrected chi connectivity index (χ0v) is 13.4. The number of carbonyl (C=O) groups is 1. The Morgan fingerprint density at radius 2 is 1.95 bits per heavy atom. The van der Waals surface area contributed by atoms with E-state index in [1.807, 2.05) is 13.8 Å². The first-order chi connectivity index (χ1) is 8.06. The lowest BCUT2D eigenvalue weighted by Crippen LogP contribution is -2.53. The highest BCUT2D eigenvalue weighted by Gasteiger charge is 2.27. The molecule has 4 nitrogen and oxygen atoms in total. The van der Waals surface area contributed by atoms with Crippen LogP contribution in [-0.2, 0) is 0 Å². The van der Waals surface area contributed by atoms with E-state index in [9.17, 15) is 4.79 Å². The SMILES string of the molecule is CCC(CC)(CN)NC(=O)c1ccc(Cl)cn1.Cl.Cl. The third kappa shape index (κ3) is 5.53. The largest absolute Gasteiger partial charge is 0.344 e. The Morgan fingerprint density at radius 1 is 1.37 bits per heavy atom. The third-order valence-electron chi connectivity index (χ3n) is 3.08. The van der Waals surface area contributed by atoms with Gasteiger partial charge >= 0.3 is 0 Å². The Labute approximate surface area is 131 Å². The molecule has 1 aromatic rings. The van der Waals surface area contributed by atoms with Crippen molar-refractivity contribution in [2.75, 3.05) is 6.54 Å². The number of halogens is 3. The molecular weight excluding hydrogens is 309 g/mol. The van der Waals surface area contributed by atoms with Crippen molar-refractivity contribution in [2.45, 2.75) is 32.2 Å². The van der Waals surface area contributed by atoms with Crippen LogP contribution in [0.4, 0.5) is 0 Å². The van der Waals surface area contributed by atoms with Crippen LogP contribution in [0.15, 0.2) is 18.3 Å². The molecule has 7 heteroatoms. The maximum Gasteiger partial charge on any atom is 0.270 e. The highest BCUT2D eigenvalue weighted by Crippen LogP contribution is 2.14. The number of pyridine rings is 1. The van der Waals surface area contributed by atoms with E-state index >= 15 is 0 Å². The summed E-state index contributed by atoms with van der Waals surface area (Å²) in [7, 11) is 0. The van der Waals surface area contributed by atoms with Gasteiger partial charge in [0.25, 0.3) is 5.91 Å². The molecule has 3 N–H and O–H groups in total. The maximum absolute atomic E-state index is 12.0. The van der Waals surface area contributed by atoms with Gasteiger partial charge in [-0.05, 0) is 25.0 Å². The molecule has 0 spiro atoms. The van der Waals surface area contributed by atoms with Gasteiger partial charge in [0.2, 0.25) is 0 Å². The quantitative estimate of drug-likeness (QED) is 0.873. The molecule has 0 atom stereocenters. The van der Waals surface area contributed by atoms with Crippen LogP contribution in [-0.4, -0.2) is 23.0 Å². The average Bonchev–Trinajstić information content (AvgIpc) is 2.37. The number of nitrogens with zero attached hydrogens (tertiary/aromatic N) is 1. The first-order valence-corrected chi connectivity index (χ1v) is 6.09. The van der Waals surface area contributed by atoms with Gasteiger partial charge in [0.1, 0.15) is 5.69 Å². The fourth-order valence-corrected chi connectivity index (χ4v) is 1.69. The molecule has 110 valence electrons. The van der Waals surface area contributed by atoms with Crippen molar-refractivity contribution < 1.29 is 4.79 Å². The van der Waals surface area contributed by atoms with Crippen LogP contribution in [0.2, 0.25) is 5.02 Å². The molecule has 1 rings (SSSR count). The summed E-state index contributed by atoms with van der Waals surface area (Å²) in [5, 5.41) is 3.46. The lowest BCUT2D eigenvalue weighted by atomic mass is 9.93. The molecule has 0 saturated carbocycles. The van der Waals surface area contributed by atoms with Gasteiger partial charge in [0, 0.05) is 12.7 Å². The van der Waals surface area contributed by atoms with Crippen LogP contribution < -0.4 is 11.1 Å². The Bertz CT molecular complexity index is 372. The van der Waals surface area contributed by atoms with E-state index in [4.69, 9.17) is 17.3 Å². The van der Waals surface area contributed by atoms with E-state index in [1.165, 1.54) is 6.20 Å². The Kier molecular flexibility index (Phi) is 10.2. The van der Waals surface area contributed by atoms with Gasteiger partial charge in [-0.15, -0.1) is 24.8 Å². The fourth-order valence-electron chi connectivity index (χ4n) is 1.58. The minimum atomic E-state index is -0.349. The molecule has 0 aliphatic heterocycles. The van der Waals surface area contributed by atoms with E-state index in [2.05, 4.69) is 10.3 Å². The number of carbonyl (C=O) groups excluding carboxylic acids is 1. The highest BCUT2D eigenvalue weighted by molar-refractivity contribution is 6.30. The van der Waals surface area contributed by atoms with Crippen molar-refractivity contribution in [3.8, 4) is 0 Å². The molecule has 0 aliphatic carbocycles. The number of hydrogen-bond acceptors (Lipinski definition) is 3. The Balaban J connectivity index is 0. The smallest absolute Gasteiger partial charge is 0.270 e. The van der Waals surface area contributed by atoms with Crippen molar-refractivity contribution in [1.82, 2.24) is 10.3 Å². The zero-order valence-electron chi connectivity index (χ0n) is 11.0. The minimum absolute atomic E-state index is 0. The second kappa shape index (κ2) is 9.37. The molecule has 1 heterocycles. The number of rotatable bonds is 5. The van der Waals surface area contributed by atoms with E-state index in [0.29, 0.717) is 17.3 Å². The Morgan fingerprint density at radius 3 is 2.32 bits per heavy atom. The van der Waals surface area contributed by atoms with Crippen molar-refractivity contribution in [3.63, 3.8) is 0 Å². The van der Waals surface area contributed by atoms with Gasteiger partial charge in [0.05, 0.1) is 10.6 Å². The Hall–Kier alpha value is -0.550. The first kappa shape index (κ1) is 20.8. The molecule has 0 fully saturated rings. The number of hydrogen-bond donors (Lipinski definition) is 2. The summed E-state index contributed by atoms with van der Waals surface area (Å²) in [5.74, 6) is -0.212. The van der Waals surface area contributed by atoms with E-state index in [0.717, 1.165) is 12.8 Å². The van der Waals surface area contributed by atoms with Crippen LogP contribution >= 0.6 is 36.4 Å². The standard InChI is InChI=1S/C12H18ClN3O.2ClH/c1-3-12(4-2,8-14)16-11(17)10-6-5-9(13)7-15-10;;/h5-7H,3-4,8,14H2,1-2H3,(H,16,17);2*1H. The number of amides is 1. The van der Waals surface area contributed by atoms with Gasteiger partial charge < -0.3 is 11.1 Å². The zero-order chi connectivity index (χ0) is 12.9. The first-order valence-electron chi connectivity index (χ1n) is 5.71. The average molecular weight is 329 g/mol. The predicted molar refractivity (Wildman–Crippen MR) is 83.6 cm³/mol. The molecule has 0 saturated heterocycles. The molecule has 0 aliphatic rings. The van der Waals surface area contributed by atoms with Crippen LogP contribution in [0.5, 0.6) is 0 Å². The van der Waals surface area contributed by atoms with Crippen LogP contribution in [0.3, 0.4) is 0 Å². The summed E-state index contributed by atoms with van der Waals surface area (Å²) >= 11 is 5.72. The van der Waals surface area contributed by atoms with Crippen molar-refractivity contribution in [1.29, 1.82) is 0 Å². The summed E-state index contributed by atoms with van der Waals surface area (Å²) in [4.78, 5) is 16.0. The van der Waals surface area contributed by atoms with Gasteiger partial charge in [0.15, 0.2) is 0 Å². The molecule has 0 bridgehead atoms. The van der Waals surface area contributed by atoms with E-state index in [1.54, 1.807) is 12.1 Å². The molecule has 19 heavy (non-hydrogen) atoms. The van der Waals surface area contributed by atoms with Crippen LogP contribution in [0.1, 0.15) is 37.2 Å². The summed E-state index contributed by atoms with van der Waals surface area (Å²) in [6, 6.07) is 3.25. The van der Waals surface area contributed by atoms with Crippen molar-refractivity contribution >= 4 is 42.3 Å². The molecule has 0 unspecified atom stereocenters. The lowest BCUT2D eigenvalue weighted by molar-refractivity contribution is 0.0890. The predicted octanol–water partition coefficient (Wildman–Crippen LogP) is 2.83. The molecule has 1 aromatic heterocycles. The van der Waals surface area contributed by atoms with Crippen LogP contribution in [0.25, 0.3) is 0 Å². The number of nitrogens with two attached hydrogens (primary N) is 1. The van der Waals surface area contributed by atoms with Gasteiger partial charge in [-0.2, -0.15) is 0 Å². The molecule has 0 radical (unpaired) electrons. The van der Waals surface area contributed by atoms with Gasteiger partial charge in [-0.1, -0.05) is 25.4 Å². The highest BCUT2D eigenvalue weighted by atomic mass is 35.5. The topological polar surface area (TPSA) is 68.0 Å².